The van der Waals surface area contributed by atoms with Gasteiger partial charge in [-0.2, -0.15) is 0 Å². The number of fused-ring (bicyclic) bond motifs is 2. The summed E-state index contributed by atoms with van der Waals surface area (Å²) in [7, 11) is 0. The average molecular weight is 520 g/mol. The summed E-state index contributed by atoms with van der Waals surface area (Å²) in [5, 5.41) is 2.38. The van der Waals surface area contributed by atoms with E-state index in [1.54, 1.807) is 17.1 Å². The second-order valence-corrected chi connectivity index (χ2v) is 9.33. The van der Waals surface area contributed by atoms with Crippen molar-refractivity contribution in [2.24, 2.45) is 0 Å². The molecular weight excluding hydrogens is 495 g/mol. The summed E-state index contributed by atoms with van der Waals surface area (Å²) < 4.78 is 54.2. The van der Waals surface area contributed by atoms with Crippen LogP contribution in [0.25, 0.3) is 22.0 Å². The van der Waals surface area contributed by atoms with E-state index >= 15 is 0 Å². The SMILES string of the molecule is O=C(NN1CCOc2ccccc21)c1cnc2c(-c3cc(F)cc(F)c3F)cccc2c1C1CCOCC1. The summed E-state index contributed by atoms with van der Waals surface area (Å²) in [4.78, 5) is 18.2. The fourth-order valence-electron chi connectivity index (χ4n) is 5.29. The van der Waals surface area contributed by atoms with Crippen LogP contribution in [-0.2, 0) is 4.74 Å². The number of anilines is 1. The molecule has 194 valence electrons. The third-order valence-electron chi connectivity index (χ3n) is 7.06. The number of hydrazine groups is 1. The van der Waals surface area contributed by atoms with Gasteiger partial charge < -0.3 is 9.47 Å². The lowest BCUT2D eigenvalue weighted by Gasteiger charge is -2.32. The molecule has 0 saturated carbocycles. The largest absolute Gasteiger partial charge is 0.489 e. The van der Waals surface area contributed by atoms with Gasteiger partial charge in [0.05, 0.1) is 23.3 Å². The Kier molecular flexibility index (Phi) is 6.37. The number of ether oxygens (including phenoxy) is 2. The molecule has 6 nitrogen and oxygen atoms in total. The van der Waals surface area contributed by atoms with Crippen LogP contribution in [0.5, 0.6) is 5.75 Å². The van der Waals surface area contributed by atoms with Gasteiger partial charge in [0.1, 0.15) is 18.2 Å². The van der Waals surface area contributed by atoms with Crippen LogP contribution in [0.2, 0.25) is 0 Å². The number of benzene rings is 3. The van der Waals surface area contributed by atoms with E-state index in [2.05, 4.69) is 10.4 Å². The van der Waals surface area contributed by atoms with Crippen LogP contribution < -0.4 is 15.2 Å². The number of pyridine rings is 1. The molecule has 0 bridgehead atoms. The predicted molar refractivity (Wildman–Crippen MR) is 137 cm³/mol. The van der Waals surface area contributed by atoms with Crippen molar-refractivity contribution in [1.29, 1.82) is 0 Å². The van der Waals surface area contributed by atoms with Gasteiger partial charge in [-0.3, -0.25) is 20.2 Å². The number of nitrogens with zero attached hydrogens (tertiary/aromatic N) is 2. The fraction of sp³-hybridized carbons (Fsp3) is 0.241. The molecule has 1 saturated heterocycles. The number of para-hydroxylation sites is 3. The number of rotatable bonds is 4. The first-order valence-corrected chi connectivity index (χ1v) is 12.5. The first kappa shape index (κ1) is 24.2. The van der Waals surface area contributed by atoms with E-state index < -0.39 is 17.5 Å². The molecule has 2 aliphatic heterocycles. The topological polar surface area (TPSA) is 63.7 Å². The highest BCUT2D eigenvalue weighted by Gasteiger charge is 2.28. The zero-order chi connectivity index (χ0) is 26.2. The highest BCUT2D eigenvalue weighted by atomic mass is 19.2. The van der Waals surface area contributed by atoms with Gasteiger partial charge in [-0.15, -0.1) is 0 Å². The van der Waals surface area contributed by atoms with Gasteiger partial charge in [-0.25, -0.2) is 13.2 Å². The summed E-state index contributed by atoms with van der Waals surface area (Å²) in [6, 6.07) is 14.0. The number of halogens is 3. The molecule has 4 aromatic rings. The molecule has 1 amide bonds. The van der Waals surface area contributed by atoms with Crippen LogP contribution in [0.3, 0.4) is 0 Å². The highest BCUT2D eigenvalue weighted by molar-refractivity contribution is 6.04. The maximum Gasteiger partial charge on any atom is 0.271 e. The molecule has 2 aliphatic rings. The Labute approximate surface area is 217 Å². The smallest absolute Gasteiger partial charge is 0.271 e. The Balaban J connectivity index is 1.47. The zero-order valence-electron chi connectivity index (χ0n) is 20.3. The van der Waals surface area contributed by atoms with Crippen LogP contribution in [-0.4, -0.2) is 37.3 Å². The molecule has 1 fully saturated rings. The normalized spacial score (nSPS) is 15.7. The Morgan fingerprint density at radius 1 is 0.974 bits per heavy atom. The minimum absolute atomic E-state index is 0.0173. The van der Waals surface area contributed by atoms with E-state index in [0.29, 0.717) is 67.5 Å². The van der Waals surface area contributed by atoms with Crippen molar-refractivity contribution in [2.75, 3.05) is 31.4 Å². The lowest BCUT2D eigenvalue weighted by atomic mass is 9.85. The quantitative estimate of drug-likeness (QED) is 0.348. The lowest BCUT2D eigenvalue weighted by Crippen LogP contribution is -2.47. The van der Waals surface area contributed by atoms with E-state index in [1.165, 1.54) is 6.20 Å². The van der Waals surface area contributed by atoms with Crippen LogP contribution in [0.1, 0.15) is 34.7 Å². The molecule has 3 aromatic carbocycles. The second-order valence-electron chi connectivity index (χ2n) is 9.33. The number of nitrogens with one attached hydrogen (secondary N) is 1. The van der Waals surface area contributed by atoms with Gasteiger partial charge in [-0.1, -0.05) is 30.3 Å². The van der Waals surface area contributed by atoms with Gasteiger partial charge in [0.25, 0.3) is 5.91 Å². The molecule has 6 rings (SSSR count). The Morgan fingerprint density at radius 2 is 1.79 bits per heavy atom. The van der Waals surface area contributed by atoms with Gasteiger partial charge >= 0.3 is 0 Å². The number of carbonyl (C=O) groups excluding carboxylic acids is 1. The number of hydrogen-bond acceptors (Lipinski definition) is 5. The maximum absolute atomic E-state index is 14.8. The van der Waals surface area contributed by atoms with Gasteiger partial charge in [0.2, 0.25) is 0 Å². The van der Waals surface area contributed by atoms with Crippen LogP contribution in [0, 0.1) is 17.5 Å². The maximum atomic E-state index is 14.8. The van der Waals surface area contributed by atoms with Gasteiger partial charge in [0.15, 0.2) is 11.6 Å². The van der Waals surface area contributed by atoms with E-state index in [4.69, 9.17) is 9.47 Å². The Morgan fingerprint density at radius 3 is 2.63 bits per heavy atom. The molecule has 0 unspecified atom stereocenters. The van der Waals surface area contributed by atoms with Gasteiger partial charge in [-0.05, 0) is 42.5 Å². The molecular formula is C29H24F3N3O3. The molecule has 1 aromatic heterocycles. The summed E-state index contributed by atoms with van der Waals surface area (Å²) in [5.41, 5.74) is 5.28. The van der Waals surface area contributed by atoms with Crippen molar-refractivity contribution in [3.63, 3.8) is 0 Å². The first-order valence-electron chi connectivity index (χ1n) is 12.5. The van der Waals surface area contributed by atoms with E-state index in [1.807, 2.05) is 30.3 Å². The lowest BCUT2D eigenvalue weighted by molar-refractivity contribution is 0.0842. The third-order valence-corrected chi connectivity index (χ3v) is 7.06. The van der Waals surface area contributed by atoms with Crippen molar-refractivity contribution in [3.8, 4) is 16.9 Å². The molecule has 0 aliphatic carbocycles. The average Bonchev–Trinajstić information content (AvgIpc) is 2.94. The zero-order valence-corrected chi connectivity index (χ0v) is 20.3. The van der Waals surface area contributed by atoms with E-state index in [9.17, 15) is 18.0 Å². The van der Waals surface area contributed by atoms with E-state index in [-0.39, 0.29) is 23.0 Å². The van der Waals surface area contributed by atoms with Crippen molar-refractivity contribution in [1.82, 2.24) is 10.4 Å². The fourth-order valence-corrected chi connectivity index (χ4v) is 5.29. The molecule has 3 heterocycles. The highest BCUT2D eigenvalue weighted by Crippen LogP contribution is 2.39. The molecule has 38 heavy (non-hydrogen) atoms. The molecule has 9 heteroatoms. The van der Waals surface area contributed by atoms with Crippen LogP contribution in [0.15, 0.2) is 60.8 Å². The van der Waals surface area contributed by atoms with Crippen LogP contribution >= 0.6 is 0 Å². The molecule has 0 atom stereocenters. The first-order chi connectivity index (χ1) is 18.5. The van der Waals surface area contributed by atoms with Crippen LogP contribution in [0.4, 0.5) is 18.9 Å². The molecule has 1 N–H and O–H groups in total. The van der Waals surface area contributed by atoms with Crippen molar-refractivity contribution in [3.05, 3.63) is 89.4 Å². The van der Waals surface area contributed by atoms with Crippen molar-refractivity contribution in [2.45, 2.75) is 18.8 Å². The number of hydrogen-bond donors (Lipinski definition) is 1. The van der Waals surface area contributed by atoms with Crippen molar-refractivity contribution >= 4 is 22.5 Å². The number of amides is 1. The Bertz CT molecular complexity index is 1540. The third kappa shape index (κ3) is 4.32. The summed E-state index contributed by atoms with van der Waals surface area (Å²) in [5.74, 6) is -3.00. The molecule has 0 spiro atoms. The van der Waals surface area contributed by atoms with E-state index in [0.717, 1.165) is 17.3 Å². The second kappa shape index (κ2) is 9.98. The van der Waals surface area contributed by atoms with Gasteiger partial charge in [0, 0.05) is 42.0 Å². The Hall–Kier alpha value is -4.11. The minimum Gasteiger partial charge on any atom is -0.489 e. The number of aromatic nitrogens is 1. The standard InChI is InChI=1S/C29H24F3N3O3/c30-18-14-21(27(32)23(31)15-18)19-4-3-5-20-26(17-8-11-37-12-9-17)22(16-33-28(19)20)29(36)34-35-10-13-38-25-7-2-1-6-24(25)35/h1-7,14-17H,8-13H2,(H,34,36). The van der Waals surface area contributed by atoms with Crippen molar-refractivity contribution < 1.29 is 27.4 Å². The summed E-state index contributed by atoms with van der Waals surface area (Å²) >= 11 is 0. The predicted octanol–water partition coefficient (Wildman–Crippen LogP) is 5.76. The monoisotopic (exact) mass is 519 g/mol. The summed E-state index contributed by atoms with van der Waals surface area (Å²) in [6.45, 7) is 1.95. The summed E-state index contributed by atoms with van der Waals surface area (Å²) in [6.07, 6.45) is 2.84. The minimum atomic E-state index is -1.27. The number of carbonyl (C=O) groups is 1. The molecule has 0 radical (unpaired) electrons.